The summed E-state index contributed by atoms with van der Waals surface area (Å²) >= 11 is 0. The molecule has 1 aromatic heterocycles. The molecule has 0 radical (unpaired) electrons. The van der Waals surface area contributed by atoms with Crippen LogP contribution in [0, 0.1) is 0 Å². The maximum absolute atomic E-state index is 12.1. The highest BCUT2D eigenvalue weighted by atomic mass is 16.5. The largest absolute Gasteiger partial charge is 0.494 e. The second-order valence-corrected chi connectivity index (χ2v) is 6.74. The number of aromatic nitrogens is 2. The Kier molecular flexibility index (Phi) is 6.66. The van der Waals surface area contributed by atoms with Gasteiger partial charge in [-0.3, -0.25) is 9.69 Å². The summed E-state index contributed by atoms with van der Waals surface area (Å²) in [7, 11) is 1.72. The molecule has 0 spiro atoms. The van der Waals surface area contributed by atoms with E-state index in [9.17, 15) is 4.79 Å². The Bertz CT molecular complexity index is 670. The third-order valence-corrected chi connectivity index (χ3v) is 4.86. The number of piperidine rings is 1. The van der Waals surface area contributed by atoms with Gasteiger partial charge in [-0.15, -0.1) is 0 Å². The molecule has 1 aliphatic rings. The molecule has 6 nitrogen and oxygen atoms in total. The van der Waals surface area contributed by atoms with Crippen molar-refractivity contribution in [2.75, 3.05) is 20.2 Å². The number of carbonyl (C=O) groups is 1. The fourth-order valence-electron chi connectivity index (χ4n) is 3.43. The monoisotopic (exact) mass is 356 g/mol. The standard InChI is InChI=1S/C20H28N4O2/c1-21-20(25)19-5-2-3-12-24(19)15-17-6-8-18(9-7-17)26-14-4-11-23-13-10-22-16-23/h6-10,13,16,19H,2-5,11-12,14-15H2,1H3,(H,21,25). The van der Waals surface area contributed by atoms with Crippen molar-refractivity contribution in [3.63, 3.8) is 0 Å². The number of amides is 1. The summed E-state index contributed by atoms with van der Waals surface area (Å²) in [6, 6.07) is 8.23. The molecule has 0 saturated carbocycles. The molecule has 3 rings (SSSR count). The summed E-state index contributed by atoms with van der Waals surface area (Å²) in [5.41, 5.74) is 1.21. The van der Waals surface area contributed by atoms with E-state index in [4.69, 9.17) is 4.74 Å². The van der Waals surface area contributed by atoms with E-state index in [-0.39, 0.29) is 11.9 Å². The fraction of sp³-hybridized carbons (Fsp3) is 0.500. The summed E-state index contributed by atoms with van der Waals surface area (Å²) in [5, 5.41) is 2.79. The first-order valence-corrected chi connectivity index (χ1v) is 9.39. The van der Waals surface area contributed by atoms with E-state index in [0.29, 0.717) is 6.61 Å². The second kappa shape index (κ2) is 9.38. The Morgan fingerprint density at radius 1 is 1.31 bits per heavy atom. The lowest BCUT2D eigenvalue weighted by Gasteiger charge is -2.34. The number of likely N-dealkylation sites (tertiary alicyclic amines) is 1. The molecule has 1 aromatic carbocycles. The normalized spacial score (nSPS) is 17.8. The molecule has 2 aromatic rings. The quantitative estimate of drug-likeness (QED) is 0.738. The Morgan fingerprint density at radius 3 is 2.88 bits per heavy atom. The van der Waals surface area contributed by atoms with Gasteiger partial charge in [0.25, 0.3) is 0 Å². The van der Waals surface area contributed by atoms with Crippen LogP contribution in [0.4, 0.5) is 0 Å². The van der Waals surface area contributed by atoms with Crippen molar-refractivity contribution in [3.05, 3.63) is 48.5 Å². The third kappa shape index (κ3) is 5.08. The van der Waals surface area contributed by atoms with Gasteiger partial charge in [-0.1, -0.05) is 18.6 Å². The van der Waals surface area contributed by atoms with Gasteiger partial charge in [0, 0.05) is 32.5 Å². The van der Waals surface area contributed by atoms with Crippen molar-refractivity contribution in [2.45, 2.75) is 44.8 Å². The number of likely N-dealkylation sites (N-methyl/N-ethyl adjacent to an activating group) is 1. The van der Waals surface area contributed by atoms with Crippen LogP contribution in [0.5, 0.6) is 5.75 Å². The van der Waals surface area contributed by atoms with Crippen molar-refractivity contribution in [2.24, 2.45) is 0 Å². The van der Waals surface area contributed by atoms with Crippen molar-refractivity contribution < 1.29 is 9.53 Å². The van der Waals surface area contributed by atoms with E-state index < -0.39 is 0 Å². The number of nitrogens with zero attached hydrogens (tertiary/aromatic N) is 3. The van der Waals surface area contributed by atoms with Gasteiger partial charge in [0.05, 0.1) is 19.0 Å². The van der Waals surface area contributed by atoms with Gasteiger partial charge >= 0.3 is 0 Å². The number of rotatable bonds is 8. The molecular weight excluding hydrogens is 328 g/mol. The molecule has 0 aliphatic carbocycles. The van der Waals surface area contributed by atoms with Gasteiger partial charge in [0.15, 0.2) is 0 Å². The van der Waals surface area contributed by atoms with Crippen molar-refractivity contribution in [1.82, 2.24) is 19.8 Å². The Labute approximate surface area is 155 Å². The molecule has 1 fully saturated rings. The number of hydrogen-bond acceptors (Lipinski definition) is 4. The summed E-state index contributed by atoms with van der Waals surface area (Å²) in [4.78, 5) is 18.4. The second-order valence-electron chi connectivity index (χ2n) is 6.74. The molecule has 1 amide bonds. The van der Waals surface area contributed by atoms with Crippen molar-refractivity contribution >= 4 is 5.91 Å². The average molecular weight is 356 g/mol. The molecule has 1 unspecified atom stereocenters. The number of carbonyl (C=O) groups excluding carboxylic acids is 1. The molecular formula is C20H28N4O2. The first-order chi connectivity index (χ1) is 12.8. The van der Waals surface area contributed by atoms with E-state index in [1.807, 2.05) is 29.2 Å². The van der Waals surface area contributed by atoms with Gasteiger partial charge in [-0.25, -0.2) is 4.98 Å². The number of hydrogen-bond donors (Lipinski definition) is 1. The number of aryl methyl sites for hydroxylation is 1. The zero-order chi connectivity index (χ0) is 18.2. The summed E-state index contributed by atoms with van der Waals surface area (Å²) in [6.07, 6.45) is 9.74. The van der Waals surface area contributed by atoms with E-state index in [2.05, 4.69) is 27.3 Å². The maximum Gasteiger partial charge on any atom is 0.237 e. The molecule has 140 valence electrons. The van der Waals surface area contributed by atoms with Crippen LogP contribution in [-0.2, 0) is 17.9 Å². The van der Waals surface area contributed by atoms with Crippen LogP contribution in [0.25, 0.3) is 0 Å². The van der Waals surface area contributed by atoms with Crippen LogP contribution in [0.1, 0.15) is 31.2 Å². The lowest BCUT2D eigenvalue weighted by atomic mass is 10.0. The molecule has 6 heteroatoms. The SMILES string of the molecule is CNC(=O)C1CCCCN1Cc1ccc(OCCCn2ccnc2)cc1. The highest BCUT2D eigenvalue weighted by Gasteiger charge is 2.27. The zero-order valence-electron chi connectivity index (χ0n) is 15.4. The smallest absolute Gasteiger partial charge is 0.237 e. The highest BCUT2D eigenvalue weighted by Crippen LogP contribution is 2.21. The zero-order valence-corrected chi connectivity index (χ0v) is 15.4. The Balaban J connectivity index is 1.46. The summed E-state index contributed by atoms with van der Waals surface area (Å²) in [5.74, 6) is 1.02. The number of nitrogens with one attached hydrogen (secondary N) is 1. The summed E-state index contributed by atoms with van der Waals surface area (Å²) in [6.45, 7) is 3.37. The lowest BCUT2D eigenvalue weighted by Crippen LogP contribution is -2.48. The molecule has 2 heterocycles. The number of ether oxygens (including phenoxy) is 1. The van der Waals surface area contributed by atoms with E-state index in [1.54, 1.807) is 13.2 Å². The topological polar surface area (TPSA) is 59.4 Å². The molecule has 1 saturated heterocycles. The van der Waals surface area contributed by atoms with Crippen LogP contribution in [0.15, 0.2) is 43.0 Å². The van der Waals surface area contributed by atoms with Gasteiger partial charge in [-0.2, -0.15) is 0 Å². The van der Waals surface area contributed by atoms with Crippen LogP contribution in [0.2, 0.25) is 0 Å². The van der Waals surface area contributed by atoms with Crippen molar-refractivity contribution in [1.29, 1.82) is 0 Å². The molecule has 1 atom stereocenters. The Hall–Kier alpha value is -2.34. The third-order valence-electron chi connectivity index (χ3n) is 4.86. The number of imidazole rings is 1. The number of benzene rings is 1. The van der Waals surface area contributed by atoms with Crippen LogP contribution in [0.3, 0.4) is 0 Å². The molecule has 1 N–H and O–H groups in total. The summed E-state index contributed by atoms with van der Waals surface area (Å²) < 4.78 is 7.86. The van der Waals surface area contributed by atoms with Crippen LogP contribution >= 0.6 is 0 Å². The molecule has 26 heavy (non-hydrogen) atoms. The predicted molar refractivity (Wildman–Crippen MR) is 101 cm³/mol. The van der Waals surface area contributed by atoms with E-state index in [1.165, 1.54) is 5.56 Å². The van der Waals surface area contributed by atoms with Crippen molar-refractivity contribution in [3.8, 4) is 5.75 Å². The van der Waals surface area contributed by atoms with Gasteiger partial charge < -0.3 is 14.6 Å². The van der Waals surface area contributed by atoms with Crippen LogP contribution < -0.4 is 10.1 Å². The minimum atomic E-state index is -0.00662. The van der Waals surface area contributed by atoms with Gasteiger partial charge in [0.1, 0.15) is 5.75 Å². The minimum Gasteiger partial charge on any atom is -0.494 e. The van der Waals surface area contributed by atoms with Gasteiger partial charge in [-0.05, 0) is 43.5 Å². The predicted octanol–water partition coefficient (Wildman–Crippen LogP) is 2.45. The first-order valence-electron chi connectivity index (χ1n) is 9.39. The van der Waals surface area contributed by atoms with Crippen LogP contribution in [-0.4, -0.2) is 46.6 Å². The molecule has 0 bridgehead atoms. The first kappa shape index (κ1) is 18.5. The maximum atomic E-state index is 12.1. The van der Waals surface area contributed by atoms with E-state index in [0.717, 1.165) is 51.1 Å². The highest BCUT2D eigenvalue weighted by molar-refractivity contribution is 5.81. The molecule has 1 aliphatic heterocycles. The fourth-order valence-corrected chi connectivity index (χ4v) is 3.43. The van der Waals surface area contributed by atoms with Gasteiger partial charge in [0.2, 0.25) is 5.91 Å². The van der Waals surface area contributed by atoms with E-state index >= 15 is 0 Å². The lowest BCUT2D eigenvalue weighted by molar-refractivity contribution is -0.127. The Morgan fingerprint density at radius 2 is 2.15 bits per heavy atom. The minimum absolute atomic E-state index is 0.00662. The average Bonchev–Trinajstić information content (AvgIpc) is 3.20.